The number of carbonyl (C=O) groups is 2. The number of β-amino-alcohol motifs (C(OH)–C–C–N with tert-alkyl or cyclic N) is 1. The van der Waals surface area contributed by atoms with E-state index in [1.165, 1.54) is 24.3 Å². The number of ether oxygens (including phenoxy) is 1. The molecule has 0 aromatic heterocycles. The number of phenolic OH excluding ortho intramolecular Hbond substituents is 1. The van der Waals surface area contributed by atoms with Gasteiger partial charge in [-0.05, 0) is 38.5 Å². The van der Waals surface area contributed by atoms with Crippen LogP contribution in [0.4, 0.5) is 4.39 Å². The molecular weight excluding hydrogens is 503 g/mol. The smallest absolute Gasteiger partial charge is 0.275 e. The molecule has 2 atom stereocenters. The predicted molar refractivity (Wildman–Crippen MR) is 134 cm³/mol. The molecule has 4 aliphatic rings. The Hall–Kier alpha value is -3.08. The quantitative estimate of drug-likeness (QED) is 0.575. The Kier molecular flexibility index (Phi) is 6.45. The van der Waals surface area contributed by atoms with Gasteiger partial charge in [0.1, 0.15) is 18.2 Å². The highest BCUT2D eigenvalue weighted by atomic mass is 35.5. The number of hydrogen-bond donors (Lipinski definition) is 2. The van der Waals surface area contributed by atoms with Gasteiger partial charge in [0.25, 0.3) is 5.91 Å². The number of allylic oxidation sites excluding steroid dienone is 1. The average Bonchev–Trinajstić information content (AvgIpc) is 3.04. The summed E-state index contributed by atoms with van der Waals surface area (Å²) in [6, 6.07) is 3.57. The summed E-state index contributed by atoms with van der Waals surface area (Å²) in [5, 5.41) is 24.7. The van der Waals surface area contributed by atoms with E-state index in [2.05, 4.69) is 6.58 Å². The zero-order chi connectivity index (χ0) is 26.6. The first-order valence-electron chi connectivity index (χ1n) is 12.2. The summed E-state index contributed by atoms with van der Waals surface area (Å²) in [5.41, 5.74) is -0.144. The van der Waals surface area contributed by atoms with Crippen LogP contribution in [0.3, 0.4) is 0 Å². The number of nitrogens with zero attached hydrogens (tertiary/aromatic N) is 4. The molecule has 4 aliphatic heterocycles. The molecule has 0 radical (unpaired) electrons. The molecule has 2 saturated heterocycles. The highest BCUT2D eigenvalue weighted by Gasteiger charge is 2.49. The predicted octanol–water partition coefficient (Wildman–Crippen LogP) is 2.02. The third-order valence-electron chi connectivity index (χ3n) is 7.50. The standard InChI is InChI=1S/C26H30ClFN4O5/c1-4-20(35)29-8-9-30-15(11-29)14-37-24-22(27)17(21-18(28)6-5-7-19(21)34)13-31(23(24)25(30)36)32-12-16(33)10-26(32,2)3/h4-7,15-16,33-34H,1,8-14H2,2-3H3/t15-,16+/m1/s1. The van der Waals surface area contributed by atoms with Gasteiger partial charge in [-0.2, -0.15) is 0 Å². The first-order valence-corrected chi connectivity index (χ1v) is 12.6. The largest absolute Gasteiger partial charge is 0.507 e. The Morgan fingerprint density at radius 1 is 1.30 bits per heavy atom. The second-order valence-electron chi connectivity index (χ2n) is 10.4. The van der Waals surface area contributed by atoms with Gasteiger partial charge in [0, 0.05) is 37.3 Å². The molecule has 198 valence electrons. The molecule has 2 fully saturated rings. The molecule has 5 rings (SSSR count). The number of phenols is 1. The molecule has 2 amide bonds. The number of aliphatic hydroxyl groups excluding tert-OH is 1. The number of fused-ring (bicyclic) bond motifs is 1. The van der Waals surface area contributed by atoms with Crippen molar-refractivity contribution in [2.45, 2.75) is 38.0 Å². The number of benzene rings is 1. The van der Waals surface area contributed by atoms with Gasteiger partial charge in [-0.25, -0.2) is 9.40 Å². The number of aliphatic hydroxyl groups is 1. The minimum Gasteiger partial charge on any atom is -0.507 e. The summed E-state index contributed by atoms with van der Waals surface area (Å²) in [4.78, 5) is 29.6. The molecule has 11 heteroatoms. The van der Waals surface area contributed by atoms with E-state index in [0.717, 1.165) is 0 Å². The van der Waals surface area contributed by atoms with Gasteiger partial charge in [-0.1, -0.05) is 24.2 Å². The summed E-state index contributed by atoms with van der Waals surface area (Å²) in [7, 11) is 0. The van der Waals surface area contributed by atoms with Crippen molar-refractivity contribution in [1.82, 2.24) is 19.8 Å². The number of carbonyl (C=O) groups excluding carboxylic acids is 2. The molecule has 1 aromatic rings. The summed E-state index contributed by atoms with van der Waals surface area (Å²) < 4.78 is 21.2. The van der Waals surface area contributed by atoms with E-state index in [4.69, 9.17) is 16.3 Å². The van der Waals surface area contributed by atoms with Crippen molar-refractivity contribution in [3.8, 4) is 5.75 Å². The summed E-state index contributed by atoms with van der Waals surface area (Å²) in [6.07, 6.45) is 1.07. The van der Waals surface area contributed by atoms with E-state index >= 15 is 0 Å². The van der Waals surface area contributed by atoms with Crippen molar-refractivity contribution in [3.63, 3.8) is 0 Å². The van der Waals surface area contributed by atoms with E-state index in [1.54, 1.807) is 14.8 Å². The minimum atomic E-state index is -0.659. The van der Waals surface area contributed by atoms with Crippen LogP contribution < -0.4 is 0 Å². The van der Waals surface area contributed by atoms with Gasteiger partial charge < -0.3 is 24.7 Å². The maximum Gasteiger partial charge on any atom is 0.275 e. The van der Waals surface area contributed by atoms with E-state index in [-0.39, 0.29) is 71.4 Å². The van der Waals surface area contributed by atoms with Crippen LogP contribution in [0.2, 0.25) is 0 Å². The van der Waals surface area contributed by atoms with Crippen molar-refractivity contribution in [2.24, 2.45) is 0 Å². The van der Waals surface area contributed by atoms with Crippen molar-refractivity contribution in [1.29, 1.82) is 0 Å². The van der Waals surface area contributed by atoms with Gasteiger partial charge >= 0.3 is 0 Å². The molecule has 4 heterocycles. The van der Waals surface area contributed by atoms with Crippen molar-refractivity contribution >= 4 is 29.0 Å². The fourth-order valence-corrected chi connectivity index (χ4v) is 6.03. The summed E-state index contributed by atoms with van der Waals surface area (Å²) >= 11 is 6.82. The van der Waals surface area contributed by atoms with Crippen LogP contribution in [0.5, 0.6) is 5.75 Å². The Labute approximate surface area is 219 Å². The third kappa shape index (κ3) is 4.26. The molecule has 2 N–H and O–H groups in total. The normalized spacial score (nSPS) is 26.1. The van der Waals surface area contributed by atoms with E-state index in [1.807, 2.05) is 18.9 Å². The number of hydrazine groups is 1. The zero-order valence-electron chi connectivity index (χ0n) is 20.8. The van der Waals surface area contributed by atoms with E-state index in [0.29, 0.717) is 19.5 Å². The lowest BCUT2D eigenvalue weighted by Gasteiger charge is -2.46. The maximum atomic E-state index is 15.0. The maximum absolute atomic E-state index is 15.0. The molecule has 0 aliphatic carbocycles. The SMILES string of the molecule is C=CC(=O)N1CCN2C(=O)C3=C(OC[C@H]2C1)C(Cl)=C(c1c(O)cccc1F)CN3N1C[C@@H](O)CC1(C)C. The molecule has 9 nitrogen and oxygen atoms in total. The lowest BCUT2D eigenvalue weighted by atomic mass is 9.98. The highest BCUT2D eigenvalue weighted by molar-refractivity contribution is 6.35. The monoisotopic (exact) mass is 532 g/mol. The third-order valence-corrected chi connectivity index (χ3v) is 7.90. The fraction of sp³-hybridized carbons (Fsp3) is 0.462. The van der Waals surface area contributed by atoms with Gasteiger partial charge in [0.2, 0.25) is 5.91 Å². The number of aromatic hydroxyl groups is 1. The van der Waals surface area contributed by atoms with Crippen molar-refractivity contribution in [3.05, 3.63) is 58.7 Å². The topological polar surface area (TPSA) is 96.8 Å². The van der Waals surface area contributed by atoms with Gasteiger partial charge in [-0.3, -0.25) is 14.6 Å². The fourth-order valence-electron chi connectivity index (χ4n) is 5.73. The number of piperazine rings is 1. The second kappa shape index (κ2) is 9.34. The van der Waals surface area contributed by atoms with Crippen LogP contribution in [-0.2, 0) is 14.3 Å². The lowest BCUT2D eigenvalue weighted by Crippen LogP contribution is -2.59. The Morgan fingerprint density at radius 2 is 2.05 bits per heavy atom. The molecular formula is C26H30ClFN4O5. The number of hydrogen-bond acceptors (Lipinski definition) is 7. The van der Waals surface area contributed by atoms with Crippen LogP contribution in [0.25, 0.3) is 5.57 Å². The number of halogens is 2. The first kappa shape index (κ1) is 25.6. The molecule has 0 spiro atoms. The van der Waals surface area contributed by atoms with E-state index in [9.17, 15) is 24.2 Å². The van der Waals surface area contributed by atoms with Crippen LogP contribution in [0.15, 0.2) is 47.3 Å². The average molecular weight is 533 g/mol. The second-order valence-corrected chi connectivity index (χ2v) is 10.7. The van der Waals surface area contributed by atoms with Crippen LogP contribution in [0, 0.1) is 5.82 Å². The van der Waals surface area contributed by atoms with Crippen LogP contribution >= 0.6 is 11.6 Å². The molecule has 0 saturated carbocycles. The van der Waals surface area contributed by atoms with Crippen LogP contribution in [-0.4, -0.2) is 98.9 Å². The molecule has 37 heavy (non-hydrogen) atoms. The number of rotatable bonds is 3. The first-order chi connectivity index (χ1) is 17.5. The van der Waals surface area contributed by atoms with Gasteiger partial charge in [-0.15, -0.1) is 0 Å². The van der Waals surface area contributed by atoms with Crippen molar-refractivity contribution < 1.29 is 28.9 Å². The molecule has 1 aromatic carbocycles. The van der Waals surface area contributed by atoms with Gasteiger partial charge in [0.15, 0.2) is 11.5 Å². The number of amides is 2. The van der Waals surface area contributed by atoms with Gasteiger partial charge in [0.05, 0.1) is 29.3 Å². The highest BCUT2D eigenvalue weighted by Crippen LogP contribution is 2.44. The zero-order valence-corrected chi connectivity index (χ0v) is 21.5. The molecule has 0 unspecified atom stereocenters. The lowest BCUT2D eigenvalue weighted by molar-refractivity contribution is -0.142. The minimum absolute atomic E-state index is 0.0169. The van der Waals surface area contributed by atoms with Crippen LogP contribution in [0.1, 0.15) is 25.8 Å². The summed E-state index contributed by atoms with van der Waals surface area (Å²) in [6.45, 7) is 8.67. The Morgan fingerprint density at radius 3 is 2.70 bits per heavy atom. The summed E-state index contributed by atoms with van der Waals surface area (Å²) in [5.74, 6) is -1.40. The van der Waals surface area contributed by atoms with E-state index < -0.39 is 23.5 Å². The Balaban J connectivity index is 1.62. The van der Waals surface area contributed by atoms with Crippen molar-refractivity contribution in [2.75, 3.05) is 39.3 Å². The molecule has 0 bridgehead atoms. The Bertz CT molecular complexity index is 1210.